The standard InChI is InChI=1S/C6H8O6Si/c1-3-4-5(2)6(7-8-6)9-10-13(5)11-12-13/h3H,1,4H2,2H3. The molecule has 3 saturated heterocycles. The maximum absolute atomic E-state index is 4.99. The van der Waals surface area contributed by atoms with Gasteiger partial charge in [0.2, 0.25) is 0 Å². The molecule has 0 aromatic carbocycles. The van der Waals surface area contributed by atoms with Crippen molar-refractivity contribution in [3.05, 3.63) is 12.7 Å². The Morgan fingerprint density at radius 2 is 1.92 bits per heavy atom. The van der Waals surface area contributed by atoms with E-state index >= 15 is 0 Å². The zero-order valence-corrected chi connectivity index (χ0v) is 7.94. The Morgan fingerprint density at radius 1 is 1.23 bits per heavy atom. The molecule has 3 aliphatic rings. The number of allylic oxidation sites excluding steroid dienone is 1. The monoisotopic (exact) mass is 204 g/mol. The average Bonchev–Trinajstić information content (AvgIpc) is 2.98. The Labute approximate surface area is 75.1 Å². The van der Waals surface area contributed by atoms with Crippen molar-refractivity contribution in [1.29, 1.82) is 0 Å². The molecule has 0 N–H and O–H groups in total. The highest BCUT2D eigenvalue weighted by molar-refractivity contribution is 6.69. The molecule has 13 heavy (non-hydrogen) atoms. The molecule has 3 fully saturated rings. The fraction of sp³-hybridized carbons (Fsp3) is 0.667. The van der Waals surface area contributed by atoms with Crippen LogP contribution in [0.5, 0.6) is 0 Å². The Hall–Kier alpha value is -0.283. The quantitative estimate of drug-likeness (QED) is 0.287. The highest BCUT2D eigenvalue weighted by Crippen LogP contribution is 2.69. The largest absolute Gasteiger partial charge is 0.598 e. The van der Waals surface area contributed by atoms with Crippen molar-refractivity contribution in [2.24, 2.45) is 0 Å². The lowest BCUT2D eigenvalue weighted by atomic mass is 10.1. The molecule has 7 heteroatoms. The minimum atomic E-state index is -2.68. The lowest BCUT2D eigenvalue weighted by Gasteiger charge is -2.17. The van der Waals surface area contributed by atoms with Crippen molar-refractivity contribution in [3.8, 4) is 0 Å². The van der Waals surface area contributed by atoms with Crippen LogP contribution in [0.4, 0.5) is 0 Å². The third-order valence-corrected chi connectivity index (χ3v) is 5.27. The van der Waals surface area contributed by atoms with Gasteiger partial charge in [0.05, 0.1) is 0 Å². The van der Waals surface area contributed by atoms with E-state index in [1.807, 2.05) is 6.92 Å². The predicted octanol–water partition coefficient (Wildman–Crippen LogP) is 0.801. The lowest BCUT2D eigenvalue weighted by Crippen LogP contribution is -2.37. The van der Waals surface area contributed by atoms with E-state index in [2.05, 4.69) is 6.58 Å². The second kappa shape index (κ2) is 2.03. The summed E-state index contributed by atoms with van der Waals surface area (Å²) in [7, 11) is -2.68. The summed E-state index contributed by atoms with van der Waals surface area (Å²) in [6.07, 6.45) is 2.31. The van der Waals surface area contributed by atoms with E-state index in [1.54, 1.807) is 6.08 Å². The maximum Gasteiger partial charge on any atom is 0.598 e. The topological polar surface area (TPSA) is 68.6 Å². The highest BCUT2D eigenvalue weighted by atomic mass is 28.4. The Bertz CT molecular complexity index is 250. The average molecular weight is 204 g/mol. The smallest absolute Gasteiger partial charge is 0.223 e. The van der Waals surface area contributed by atoms with Crippen molar-refractivity contribution in [2.75, 3.05) is 0 Å². The highest BCUT2D eigenvalue weighted by Gasteiger charge is 2.91. The van der Waals surface area contributed by atoms with Crippen molar-refractivity contribution in [1.82, 2.24) is 0 Å². The first kappa shape index (κ1) is 8.06. The van der Waals surface area contributed by atoms with E-state index in [4.69, 9.17) is 28.4 Å². The van der Waals surface area contributed by atoms with Crippen LogP contribution >= 0.6 is 0 Å². The maximum atomic E-state index is 4.99. The first-order valence-corrected chi connectivity index (χ1v) is 5.62. The second-order valence-electron chi connectivity index (χ2n) is 3.44. The first-order valence-electron chi connectivity index (χ1n) is 3.89. The Balaban J connectivity index is 1.98. The van der Waals surface area contributed by atoms with Gasteiger partial charge in [-0.15, -0.1) is 6.58 Å². The molecule has 0 aromatic rings. The van der Waals surface area contributed by atoms with Gasteiger partial charge in [-0.2, -0.15) is 14.7 Å². The van der Waals surface area contributed by atoms with Gasteiger partial charge in [0, 0.05) is 0 Å². The van der Waals surface area contributed by atoms with Crippen LogP contribution in [0.15, 0.2) is 12.7 Å². The molecule has 0 amide bonds. The van der Waals surface area contributed by atoms with E-state index in [0.717, 1.165) is 0 Å². The van der Waals surface area contributed by atoms with Crippen molar-refractivity contribution < 1.29 is 28.4 Å². The molecule has 0 saturated carbocycles. The summed E-state index contributed by atoms with van der Waals surface area (Å²) < 4.78 is 14.8. The number of hydrogen-bond acceptors (Lipinski definition) is 6. The molecule has 72 valence electrons. The van der Waals surface area contributed by atoms with Gasteiger partial charge in [0.1, 0.15) is 5.04 Å². The third kappa shape index (κ3) is 0.738. The molecule has 1 atom stereocenters. The van der Waals surface area contributed by atoms with Gasteiger partial charge in [-0.25, -0.2) is 13.7 Å². The molecule has 1 unspecified atom stereocenters. The summed E-state index contributed by atoms with van der Waals surface area (Å²) in [6, 6.07) is 0. The van der Waals surface area contributed by atoms with Crippen molar-refractivity contribution in [3.63, 3.8) is 0 Å². The van der Waals surface area contributed by atoms with Crippen LogP contribution in [0.3, 0.4) is 0 Å². The second-order valence-corrected chi connectivity index (χ2v) is 6.15. The van der Waals surface area contributed by atoms with Crippen LogP contribution in [-0.2, 0) is 28.4 Å². The van der Waals surface area contributed by atoms with Crippen LogP contribution in [0.2, 0.25) is 5.04 Å². The van der Waals surface area contributed by atoms with E-state index in [1.165, 1.54) is 0 Å². The van der Waals surface area contributed by atoms with Gasteiger partial charge in [0.15, 0.2) is 0 Å². The van der Waals surface area contributed by atoms with Crippen LogP contribution < -0.4 is 0 Å². The summed E-state index contributed by atoms with van der Waals surface area (Å²) >= 11 is 0. The lowest BCUT2D eigenvalue weighted by molar-refractivity contribution is -0.283. The van der Waals surface area contributed by atoms with Crippen LogP contribution in [0.25, 0.3) is 0 Å². The zero-order chi connectivity index (χ0) is 9.16. The minimum absolute atomic E-state index is 0.554. The van der Waals surface area contributed by atoms with Crippen molar-refractivity contribution >= 4 is 8.80 Å². The molecular formula is C6H8O6Si. The molecule has 0 bridgehead atoms. The molecule has 3 heterocycles. The summed E-state index contributed by atoms with van der Waals surface area (Å²) in [5.74, 6) is -1.14. The van der Waals surface area contributed by atoms with Gasteiger partial charge < -0.3 is 0 Å². The summed E-state index contributed by atoms with van der Waals surface area (Å²) in [5, 5.41) is -0.554. The number of hydrogen-bond donors (Lipinski definition) is 0. The van der Waals surface area contributed by atoms with Crippen LogP contribution in [0, 0.1) is 0 Å². The molecule has 3 aliphatic heterocycles. The summed E-state index contributed by atoms with van der Waals surface area (Å²) in [6.45, 7) is 5.51. The normalized spacial score (nSPS) is 42.5. The van der Waals surface area contributed by atoms with E-state index in [0.29, 0.717) is 6.42 Å². The molecule has 0 aliphatic carbocycles. The third-order valence-electron chi connectivity index (χ3n) is 2.63. The molecular weight excluding hydrogens is 196 g/mol. The Morgan fingerprint density at radius 3 is 2.38 bits per heavy atom. The SMILES string of the molecule is C=CCC1(C)C2(OO2)OO[Si]12OO2. The van der Waals surface area contributed by atoms with E-state index < -0.39 is 19.8 Å². The van der Waals surface area contributed by atoms with E-state index in [-0.39, 0.29) is 0 Å². The number of rotatable bonds is 2. The fourth-order valence-electron chi connectivity index (χ4n) is 1.52. The molecule has 6 nitrogen and oxygen atoms in total. The van der Waals surface area contributed by atoms with Gasteiger partial charge in [-0.05, 0) is 13.3 Å². The van der Waals surface area contributed by atoms with Crippen LogP contribution in [-0.4, -0.2) is 14.8 Å². The van der Waals surface area contributed by atoms with E-state index in [9.17, 15) is 0 Å². The summed E-state index contributed by atoms with van der Waals surface area (Å²) in [4.78, 5) is 14.5. The summed E-state index contributed by atoms with van der Waals surface area (Å²) in [5.41, 5.74) is 0. The van der Waals surface area contributed by atoms with Gasteiger partial charge in [-0.1, -0.05) is 6.08 Å². The van der Waals surface area contributed by atoms with Gasteiger partial charge in [0.25, 0.3) is 0 Å². The minimum Gasteiger partial charge on any atom is -0.223 e. The molecule has 0 aromatic heterocycles. The first-order chi connectivity index (χ1) is 6.18. The van der Waals surface area contributed by atoms with Crippen LogP contribution in [0.1, 0.15) is 13.3 Å². The fourth-order valence-corrected chi connectivity index (χ4v) is 3.54. The molecule has 0 radical (unpaired) electrons. The van der Waals surface area contributed by atoms with Gasteiger partial charge >= 0.3 is 14.8 Å². The van der Waals surface area contributed by atoms with Crippen molar-refractivity contribution in [2.45, 2.75) is 24.4 Å². The zero-order valence-electron chi connectivity index (χ0n) is 6.94. The predicted molar refractivity (Wildman–Crippen MR) is 38.2 cm³/mol. The van der Waals surface area contributed by atoms with Gasteiger partial charge in [-0.3, -0.25) is 0 Å². The Kier molecular flexibility index (Phi) is 1.26. The molecule has 3 rings (SSSR count). The molecule has 2 spiro atoms.